The standard InChI is InChI=1S/C13H11FO/c1-9(8-15)11-7-6-10-4-2-3-5-12(10)13(11)14/h2-9H,1H3. The van der Waals surface area contributed by atoms with E-state index in [-0.39, 0.29) is 5.82 Å². The second-order valence-corrected chi connectivity index (χ2v) is 3.61. The summed E-state index contributed by atoms with van der Waals surface area (Å²) in [6.07, 6.45) is 0.757. The van der Waals surface area contributed by atoms with E-state index in [2.05, 4.69) is 0 Å². The van der Waals surface area contributed by atoms with Crippen molar-refractivity contribution in [1.29, 1.82) is 0 Å². The van der Waals surface area contributed by atoms with Crippen molar-refractivity contribution in [2.45, 2.75) is 12.8 Å². The van der Waals surface area contributed by atoms with E-state index in [1.807, 2.05) is 18.2 Å². The van der Waals surface area contributed by atoms with Crippen LogP contribution in [-0.2, 0) is 4.79 Å². The highest BCUT2D eigenvalue weighted by molar-refractivity contribution is 5.84. The molecule has 0 fully saturated rings. The van der Waals surface area contributed by atoms with Gasteiger partial charge in [-0.25, -0.2) is 4.39 Å². The van der Waals surface area contributed by atoms with E-state index in [0.29, 0.717) is 10.9 Å². The molecule has 0 aliphatic rings. The largest absolute Gasteiger partial charge is 0.303 e. The third-order valence-corrected chi connectivity index (χ3v) is 2.59. The zero-order valence-electron chi connectivity index (χ0n) is 8.41. The molecule has 0 N–H and O–H groups in total. The average molecular weight is 202 g/mol. The summed E-state index contributed by atoms with van der Waals surface area (Å²) >= 11 is 0. The number of carbonyl (C=O) groups excluding carboxylic acids is 1. The number of rotatable bonds is 2. The van der Waals surface area contributed by atoms with Gasteiger partial charge in [0.15, 0.2) is 0 Å². The van der Waals surface area contributed by atoms with Crippen LogP contribution in [0.5, 0.6) is 0 Å². The topological polar surface area (TPSA) is 17.1 Å². The minimum Gasteiger partial charge on any atom is -0.303 e. The molecule has 15 heavy (non-hydrogen) atoms. The third-order valence-electron chi connectivity index (χ3n) is 2.59. The zero-order valence-corrected chi connectivity index (χ0v) is 8.41. The molecular weight excluding hydrogens is 191 g/mol. The fourth-order valence-corrected chi connectivity index (χ4v) is 1.68. The number of benzene rings is 2. The minimum atomic E-state index is -0.394. The van der Waals surface area contributed by atoms with Gasteiger partial charge >= 0.3 is 0 Å². The number of aldehydes is 1. The molecule has 0 aliphatic carbocycles. The summed E-state index contributed by atoms with van der Waals surface area (Å²) in [7, 11) is 0. The van der Waals surface area contributed by atoms with Crippen LogP contribution >= 0.6 is 0 Å². The Morgan fingerprint density at radius 1 is 1.20 bits per heavy atom. The summed E-state index contributed by atoms with van der Waals surface area (Å²) in [4.78, 5) is 10.6. The van der Waals surface area contributed by atoms with E-state index < -0.39 is 5.92 Å². The van der Waals surface area contributed by atoms with E-state index in [4.69, 9.17) is 0 Å². The number of hydrogen-bond donors (Lipinski definition) is 0. The van der Waals surface area contributed by atoms with Gasteiger partial charge in [0.1, 0.15) is 12.1 Å². The summed E-state index contributed by atoms with van der Waals surface area (Å²) in [5, 5.41) is 1.43. The normalized spacial score (nSPS) is 12.7. The monoisotopic (exact) mass is 202 g/mol. The quantitative estimate of drug-likeness (QED) is 0.683. The highest BCUT2D eigenvalue weighted by Gasteiger charge is 2.12. The van der Waals surface area contributed by atoms with Crippen molar-refractivity contribution in [1.82, 2.24) is 0 Å². The Bertz CT molecular complexity index is 505. The molecule has 0 aliphatic heterocycles. The van der Waals surface area contributed by atoms with Gasteiger partial charge in [-0.15, -0.1) is 0 Å². The maximum Gasteiger partial charge on any atom is 0.134 e. The molecule has 2 aromatic carbocycles. The van der Waals surface area contributed by atoms with Crippen LogP contribution in [-0.4, -0.2) is 6.29 Å². The highest BCUT2D eigenvalue weighted by atomic mass is 19.1. The maximum atomic E-state index is 13.9. The Hall–Kier alpha value is -1.70. The van der Waals surface area contributed by atoms with Gasteiger partial charge < -0.3 is 4.79 Å². The van der Waals surface area contributed by atoms with Crippen molar-refractivity contribution >= 4 is 17.1 Å². The first kappa shape index (κ1) is 9.84. The molecule has 0 heterocycles. The number of carbonyl (C=O) groups is 1. The van der Waals surface area contributed by atoms with Gasteiger partial charge in [0.05, 0.1) is 0 Å². The van der Waals surface area contributed by atoms with Crippen molar-refractivity contribution in [3.63, 3.8) is 0 Å². The zero-order chi connectivity index (χ0) is 10.8. The Kier molecular flexibility index (Phi) is 2.50. The van der Waals surface area contributed by atoms with E-state index in [0.717, 1.165) is 11.7 Å². The van der Waals surface area contributed by atoms with Gasteiger partial charge in [-0.3, -0.25) is 0 Å². The van der Waals surface area contributed by atoms with E-state index in [1.54, 1.807) is 25.1 Å². The van der Waals surface area contributed by atoms with Crippen LogP contribution in [0, 0.1) is 5.82 Å². The molecule has 0 saturated carbocycles. The molecule has 76 valence electrons. The highest BCUT2D eigenvalue weighted by Crippen LogP contribution is 2.25. The van der Waals surface area contributed by atoms with Crippen LogP contribution in [0.4, 0.5) is 4.39 Å². The first-order chi connectivity index (χ1) is 7.24. The van der Waals surface area contributed by atoms with Crippen molar-refractivity contribution in [3.8, 4) is 0 Å². The lowest BCUT2D eigenvalue weighted by Gasteiger charge is -2.08. The van der Waals surface area contributed by atoms with Crippen LogP contribution in [0.2, 0.25) is 0 Å². The predicted molar refractivity (Wildman–Crippen MR) is 58.4 cm³/mol. The lowest BCUT2D eigenvalue weighted by molar-refractivity contribution is -0.108. The smallest absolute Gasteiger partial charge is 0.134 e. The van der Waals surface area contributed by atoms with E-state index >= 15 is 0 Å². The molecule has 2 heteroatoms. The third kappa shape index (κ3) is 1.63. The van der Waals surface area contributed by atoms with Gasteiger partial charge in [0.25, 0.3) is 0 Å². The SMILES string of the molecule is CC(C=O)c1ccc2ccccc2c1F. The molecule has 0 radical (unpaired) electrons. The molecule has 2 aromatic rings. The molecule has 0 spiro atoms. The molecular formula is C13H11FO. The van der Waals surface area contributed by atoms with Crippen molar-refractivity contribution in [2.75, 3.05) is 0 Å². The number of fused-ring (bicyclic) bond motifs is 1. The summed E-state index contributed by atoms with van der Waals surface area (Å²) in [6, 6.07) is 10.8. The van der Waals surface area contributed by atoms with E-state index in [9.17, 15) is 9.18 Å². The van der Waals surface area contributed by atoms with Crippen LogP contribution in [0.15, 0.2) is 36.4 Å². The molecule has 1 unspecified atom stereocenters. The predicted octanol–water partition coefficient (Wildman–Crippen LogP) is 3.28. The fraction of sp³-hybridized carbons (Fsp3) is 0.154. The summed E-state index contributed by atoms with van der Waals surface area (Å²) in [5.41, 5.74) is 0.462. The molecule has 0 bridgehead atoms. The fourth-order valence-electron chi connectivity index (χ4n) is 1.68. The van der Waals surface area contributed by atoms with Gasteiger partial charge in [-0.1, -0.05) is 43.3 Å². The molecule has 1 nitrogen and oxygen atoms in total. The lowest BCUT2D eigenvalue weighted by atomic mass is 9.98. The maximum absolute atomic E-state index is 13.9. The molecule has 0 saturated heterocycles. The Morgan fingerprint density at radius 2 is 1.93 bits per heavy atom. The van der Waals surface area contributed by atoms with Gasteiger partial charge in [-0.2, -0.15) is 0 Å². The summed E-state index contributed by atoms with van der Waals surface area (Å²) in [5.74, 6) is -0.678. The van der Waals surface area contributed by atoms with Gasteiger partial charge in [0.2, 0.25) is 0 Å². The summed E-state index contributed by atoms with van der Waals surface area (Å²) in [6.45, 7) is 1.69. The first-order valence-corrected chi connectivity index (χ1v) is 4.86. The Labute approximate surface area is 87.5 Å². The van der Waals surface area contributed by atoms with Crippen molar-refractivity contribution < 1.29 is 9.18 Å². The second kappa shape index (κ2) is 3.81. The molecule has 2 rings (SSSR count). The second-order valence-electron chi connectivity index (χ2n) is 3.61. The van der Waals surface area contributed by atoms with Crippen molar-refractivity contribution in [3.05, 3.63) is 47.8 Å². The van der Waals surface area contributed by atoms with E-state index in [1.165, 1.54) is 0 Å². The molecule has 1 atom stereocenters. The molecule has 0 aromatic heterocycles. The summed E-state index contributed by atoms with van der Waals surface area (Å²) < 4.78 is 13.9. The molecule has 0 amide bonds. The van der Waals surface area contributed by atoms with Gasteiger partial charge in [-0.05, 0) is 10.9 Å². The van der Waals surface area contributed by atoms with Crippen LogP contribution < -0.4 is 0 Å². The van der Waals surface area contributed by atoms with Gasteiger partial charge in [0, 0.05) is 11.3 Å². The minimum absolute atomic E-state index is 0.285. The first-order valence-electron chi connectivity index (χ1n) is 4.86. The number of hydrogen-bond acceptors (Lipinski definition) is 1. The van der Waals surface area contributed by atoms with Crippen LogP contribution in [0.25, 0.3) is 10.8 Å². The number of halogens is 1. The van der Waals surface area contributed by atoms with Crippen LogP contribution in [0.1, 0.15) is 18.4 Å². The Morgan fingerprint density at radius 3 is 2.67 bits per heavy atom. The van der Waals surface area contributed by atoms with Crippen molar-refractivity contribution in [2.24, 2.45) is 0 Å². The Balaban J connectivity index is 2.70. The van der Waals surface area contributed by atoms with Crippen LogP contribution in [0.3, 0.4) is 0 Å². The lowest BCUT2D eigenvalue weighted by Crippen LogP contribution is -1.98. The average Bonchev–Trinajstić information content (AvgIpc) is 2.29.